The van der Waals surface area contributed by atoms with Crippen LogP contribution in [0.1, 0.15) is 107 Å². The first-order chi connectivity index (χ1) is 20.4. The molecule has 0 spiro atoms. The summed E-state index contributed by atoms with van der Waals surface area (Å²) in [5, 5.41) is 12.4. The van der Waals surface area contributed by atoms with Crippen LogP contribution in [0.5, 0.6) is 0 Å². The van der Waals surface area contributed by atoms with Crippen LogP contribution >= 0.6 is 12.6 Å². The van der Waals surface area contributed by atoms with Gasteiger partial charge < -0.3 is 33.5 Å². The van der Waals surface area contributed by atoms with Crippen LogP contribution in [0.25, 0.3) is 0 Å². The predicted octanol–water partition coefficient (Wildman–Crippen LogP) is 4.53. The van der Waals surface area contributed by atoms with Crippen LogP contribution in [0, 0.1) is 23.2 Å². The summed E-state index contributed by atoms with van der Waals surface area (Å²) in [5.41, 5.74) is -2.22. The van der Waals surface area contributed by atoms with Crippen molar-refractivity contribution in [2.24, 2.45) is 23.2 Å². The number of carbonyl (C=O) groups excluding carboxylic acids is 3. The van der Waals surface area contributed by atoms with Crippen molar-refractivity contribution >= 4 is 30.5 Å². The number of thiol groups is 1. The van der Waals surface area contributed by atoms with Crippen LogP contribution in [0.15, 0.2) is 0 Å². The number of carbonyl (C=O) groups is 3. The fourth-order valence-corrected chi connectivity index (χ4v) is 9.90. The first-order valence-electron chi connectivity index (χ1n) is 16.4. The molecule has 0 aromatic heterocycles. The molecule has 0 amide bonds. The summed E-state index contributed by atoms with van der Waals surface area (Å²) in [5.74, 6) is -2.29. The largest absolute Gasteiger partial charge is 0.459 e. The van der Waals surface area contributed by atoms with Crippen molar-refractivity contribution in [3.05, 3.63) is 0 Å². The quantitative estimate of drug-likeness (QED) is 0.233. The zero-order chi connectivity index (χ0) is 32.4. The first kappa shape index (κ1) is 33.9. The topological polar surface area (TPSA) is 127 Å². The highest BCUT2D eigenvalue weighted by Gasteiger charge is 2.68. The van der Waals surface area contributed by atoms with Gasteiger partial charge in [0.05, 0.1) is 35.6 Å². The molecule has 5 rings (SSSR count). The second-order valence-corrected chi connectivity index (χ2v) is 15.9. The standard InChI is InChI=1S/C33H52O10S/c1-17-22-11-16-32(7,42-22)24(38-17)13-15-31(6,37)27-21-9-10-23-30(5,14-12-25(39-18(2)34)33(8,44)43-23)26(21)28(40-19(3)35)29(27)41-20(4)36/h17,21-29,37,44H,9-16H2,1-8H3/t17-,21?,22+,23-,24-,25+,26-,27+,28+,29+,30+,31-,32-,33+/m0/s1. The smallest absolute Gasteiger partial charge is 0.303 e. The molecule has 2 saturated carbocycles. The van der Waals surface area contributed by atoms with Crippen LogP contribution in [0.4, 0.5) is 0 Å². The van der Waals surface area contributed by atoms with Gasteiger partial charge in [-0.05, 0) is 85.0 Å². The summed E-state index contributed by atoms with van der Waals surface area (Å²) < 4.78 is 37.1. The highest BCUT2D eigenvalue weighted by Crippen LogP contribution is 2.63. The average molecular weight is 641 g/mol. The molecule has 0 aromatic carbocycles. The van der Waals surface area contributed by atoms with E-state index in [1.165, 1.54) is 20.8 Å². The highest BCUT2D eigenvalue weighted by molar-refractivity contribution is 7.81. The molecule has 44 heavy (non-hydrogen) atoms. The Morgan fingerprint density at radius 1 is 0.909 bits per heavy atom. The highest BCUT2D eigenvalue weighted by atomic mass is 32.1. The third-order valence-corrected chi connectivity index (χ3v) is 12.0. The molecular formula is C33H52O10S. The molecule has 2 aliphatic carbocycles. The SMILES string of the molecule is CC(=O)O[C@H]1[C@H](OC(C)=O)[C@@H]2C(CC[C@@H]3O[C@](C)(S)[C@H](OC(C)=O)CC[C@]32C)[C@H]1[C@@](C)(O)CC[C@@H]1O[C@@H](C)[C@H]2CC[C@]1(C)O2. The molecule has 0 radical (unpaired) electrons. The van der Waals surface area contributed by atoms with Gasteiger partial charge in [-0.15, -0.1) is 12.6 Å². The molecule has 5 aliphatic rings. The van der Waals surface area contributed by atoms with Crippen LogP contribution < -0.4 is 0 Å². The van der Waals surface area contributed by atoms with E-state index in [0.717, 1.165) is 12.8 Å². The molecule has 10 nitrogen and oxygen atoms in total. The fourth-order valence-electron chi connectivity index (χ4n) is 9.59. The minimum absolute atomic E-state index is 0.0164. The molecule has 3 saturated heterocycles. The van der Waals surface area contributed by atoms with Gasteiger partial charge in [0.1, 0.15) is 23.2 Å². The van der Waals surface area contributed by atoms with Gasteiger partial charge in [-0.3, -0.25) is 14.4 Å². The minimum Gasteiger partial charge on any atom is -0.459 e. The minimum atomic E-state index is -1.27. The van der Waals surface area contributed by atoms with Crippen molar-refractivity contribution in [2.45, 2.75) is 166 Å². The third-order valence-electron chi connectivity index (χ3n) is 11.6. The second-order valence-electron chi connectivity index (χ2n) is 15.0. The molecule has 3 aliphatic heterocycles. The Morgan fingerprint density at radius 2 is 1.55 bits per heavy atom. The van der Waals surface area contributed by atoms with E-state index in [1.54, 1.807) is 0 Å². The monoisotopic (exact) mass is 640 g/mol. The number of hydrogen-bond acceptors (Lipinski definition) is 11. The Balaban J connectivity index is 1.48. The summed E-state index contributed by atoms with van der Waals surface area (Å²) in [4.78, 5) is 36.1. The van der Waals surface area contributed by atoms with Crippen molar-refractivity contribution in [2.75, 3.05) is 0 Å². The molecule has 1 N–H and O–H groups in total. The van der Waals surface area contributed by atoms with Crippen molar-refractivity contribution in [3.63, 3.8) is 0 Å². The lowest BCUT2D eigenvalue weighted by Crippen LogP contribution is -2.53. The van der Waals surface area contributed by atoms with Gasteiger partial charge >= 0.3 is 17.9 Å². The number of esters is 3. The van der Waals surface area contributed by atoms with Crippen molar-refractivity contribution in [1.82, 2.24) is 0 Å². The third kappa shape index (κ3) is 6.17. The number of hydrogen-bond donors (Lipinski definition) is 2. The molecular weight excluding hydrogens is 588 g/mol. The fraction of sp³-hybridized carbons (Fsp3) is 0.909. The lowest BCUT2D eigenvalue weighted by Gasteiger charge is -2.51. The summed E-state index contributed by atoms with van der Waals surface area (Å²) in [6, 6.07) is 0. The van der Waals surface area contributed by atoms with Crippen LogP contribution in [-0.2, 0) is 42.8 Å². The van der Waals surface area contributed by atoms with E-state index in [1.807, 2.05) is 20.8 Å². The summed E-state index contributed by atoms with van der Waals surface area (Å²) in [7, 11) is 0. The van der Waals surface area contributed by atoms with E-state index in [9.17, 15) is 19.5 Å². The van der Waals surface area contributed by atoms with Crippen molar-refractivity contribution in [3.8, 4) is 0 Å². The van der Waals surface area contributed by atoms with E-state index in [0.29, 0.717) is 38.5 Å². The van der Waals surface area contributed by atoms with Gasteiger partial charge in [0.25, 0.3) is 0 Å². The molecule has 1 unspecified atom stereocenters. The van der Waals surface area contributed by atoms with Gasteiger partial charge in [-0.1, -0.05) is 6.92 Å². The maximum atomic E-state index is 12.6. The van der Waals surface area contributed by atoms with Gasteiger partial charge in [-0.25, -0.2) is 0 Å². The summed E-state index contributed by atoms with van der Waals surface area (Å²) in [6.45, 7) is 14.0. The van der Waals surface area contributed by atoms with E-state index in [2.05, 4.69) is 13.8 Å². The lowest BCUT2D eigenvalue weighted by molar-refractivity contribution is -0.231. The predicted molar refractivity (Wildman–Crippen MR) is 163 cm³/mol. The summed E-state index contributed by atoms with van der Waals surface area (Å²) >= 11 is 4.81. The zero-order valence-electron chi connectivity index (χ0n) is 27.5. The maximum Gasteiger partial charge on any atom is 0.303 e. The zero-order valence-corrected chi connectivity index (χ0v) is 28.4. The Labute approximate surface area is 267 Å². The molecule has 5 fully saturated rings. The van der Waals surface area contributed by atoms with Crippen LogP contribution in [0.2, 0.25) is 0 Å². The summed E-state index contributed by atoms with van der Waals surface area (Å²) in [6.07, 6.45) is 2.71. The van der Waals surface area contributed by atoms with Gasteiger partial charge in [-0.2, -0.15) is 0 Å². The van der Waals surface area contributed by atoms with Gasteiger partial charge in [0.2, 0.25) is 0 Å². The molecule has 11 heteroatoms. The number of aliphatic hydroxyl groups is 1. The van der Waals surface area contributed by atoms with Crippen molar-refractivity contribution in [1.29, 1.82) is 0 Å². The van der Waals surface area contributed by atoms with E-state index in [4.69, 9.17) is 41.0 Å². The number of rotatable bonds is 7. The Morgan fingerprint density at radius 3 is 2.18 bits per heavy atom. The number of ether oxygens (including phenoxy) is 6. The Bertz CT molecular complexity index is 1130. The molecule has 250 valence electrons. The van der Waals surface area contributed by atoms with Crippen molar-refractivity contribution < 1.29 is 47.9 Å². The maximum absolute atomic E-state index is 12.6. The lowest BCUT2D eigenvalue weighted by atomic mass is 9.57. The molecule has 0 aromatic rings. The average Bonchev–Trinajstić information content (AvgIpc) is 3.38. The van der Waals surface area contributed by atoms with Gasteiger partial charge in [0.15, 0.2) is 0 Å². The van der Waals surface area contributed by atoms with Gasteiger partial charge in [0, 0.05) is 38.0 Å². The Kier molecular flexibility index (Phi) is 9.26. The second kappa shape index (κ2) is 12.0. The van der Waals surface area contributed by atoms with E-state index >= 15 is 0 Å². The number of fused-ring (bicyclic) bond motifs is 5. The van der Waals surface area contributed by atoms with E-state index in [-0.39, 0.29) is 36.3 Å². The molecule has 3 heterocycles. The molecule has 14 atom stereocenters. The van der Waals surface area contributed by atoms with Crippen LogP contribution in [-0.4, -0.2) is 81.9 Å². The first-order valence-corrected chi connectivity index (χ1v) is 16.8. The Hall–Kier alpha value is -1.40. The van der Waals surface area contributed by atoms with E-state index < -0.39 is 63.7 Å². The normalized spacial score (nSPS) is 47.9. The molecule has 2 bridgehead atoms. The van der Waals surface area contributed by atoms with Crippen LogP contribution in [0.3, 0.4) is 0 Å².